The van der Waals surface area contributed by atoms with Gasteiger partial charge >= 0.3 is 5.97 Å². The van der Waals surface area contributed by atoms with Crippen molar-refractivity contribution in [3.8, 4) is 0 Å². The second-order valence-corrected chi connectivity index (χ2v) is 7.28. The molecule has 0 saturated carbocycles. The van der Waals surface area contributed by atoms with E-state index in [-0.39, 0.29) is 30.2 Å². The molecule has 2 rings (SSSR count). The lowest BCUT2D eigenvalue weighted by Gasteiger charge is -2.31. The van der Waals surface area contributed by atoms with Gasteiger partial charge in [-0.2, -0.15) is 11.8 Å². The number of amides is 2. The highest BCUT2D eigenvalue weighted by molar-refractivity contribution is 7.98. The van der Waals surface area contributed by atoms with Gasteiger partial charge in [0.05, 0.1) is 13.2 Å². The van der Waals surface area contributed by atoms with Crippen LogP contribution in [0.25, 0.3) is 0 Å². The van der Waals surface area contributed by atoms with Crippen LogP contribution in [0.4, 0.5) is 0 Å². The first-order chi connectivity index (χ1) is 11.5. The predicted octanol–water partition coefficient (Wildman–Crippen LogP) is 0.644. The standard InChI is InChI=1S/C16H27N3O4S.ClH/c1-23-16(22)13-6-4-9-19(13)15(21)12-5-3-8-18(12)14(20)11(17)7-10-24-2;/h11-13H,3-10,17H2,1-2H3;1H/t11-,12-,13-;/m0./s1. The molecule has 0 aromatic rings. The molecule has 144 valence electrons. The lowest BCUT2D eigenvalue weighted by molar-refractivity contribution is -0.153. The topological polar surface area (TPSA) is 92.9 Å². The average Bonchev–Trinajstić information content (AvgIpc) is 3.26. The number of nitrogens with two attached hydrogens (primary N) is 1. The van der Waals surface area contributed by atoms with Crippen LogP contribution >= 0.6 is 24.2 Å². The number of thioether (sulfide) groups is 1. The number of halogens is 1. The number of methoxy groups -OCH3 is 1. The van der Waals surface area contributed by atoms with Gasteiger partial charge in [0, 0.05) is 13.1 Å². The number of carbonyl (C=O) groups is 3. The maximum atomic E-state index is 12.9. The smallest absolute Gasteiger partial charge is 0.328 e. The third-order valence-electron chi connectivity index (χ3n) is 4.78. The Morgan fingerprint density at radius 3 is 2.36 bits per heavy atom. The van der Waals surface area contributed by atoms with Crippen LogP contribution in [0.3, 0.4) is 0 Å². The minimum atomic E-state index is -0.569. The molecule has 25 heavy (non-hydrogen) atoms. The van der Waals surface area contributed by atoms with Gasteiger partial charge in [-0.15, -0.1) is 12.4 Å². The van der Waals surface area contributed by atoms with Crippen LogP contribution in [-0.2, 0) is 19.1 Å². The van der Waals surface area contributed by atoms with Crippen LogP contribution in [-0.4, -0.2) is 77.9 Å². The Morgan fingerprint density at radius 1 is 1.16 bits per heavy atom. The quantitative estimate of drug-likeness (QED) is 0.666. The molecule has 0 aromatic carbocycles. The maximum Gasteiger partial charge on any atom is 0.328 e. The Balaban J connectivity index is 0.00000312. The van der Waals surface area contributed by atoms with Crippen LogP contribution in [0.1, 0.15) is 32.1 Å². The Hall–Kier alpha value is -0.990. The highest BCUT2D eigenvalue weighted by Gasteiger charge is 2.43. The summed E-state index contributed by atoms with van der Waals surface area (Å²) in [5.41, 5.74) is 5.99. The van der Waals surface area contributed by atoms with E-state index in [9.17, 15) is 14.4 Å². The molecular formula is C16H28ClN3O4S. The largest absolute Gasteiger partial charge is 0.467 e. The zero-order valence-corrected chi connectivity index (χ0v) is 16.4. The van der Waals surface area contributed by atoms with Crippen LogP contribution in [0.5, 0.6) is 0 Å². The molecule has 7 nitrogen and oxygen atoms in total. The Labute approximate surface area is 159 Å². The molecule has 3 atom stereocenters. The Bertz CT molecular complexity index is 494. The molecular weight excluding hydrogens is 366 g/mol. The van der Waals surface area contributed by atoms with E-state index < -0.39 is 18.1 Å². The van der Waals surface area contributed by atoms with Crippen LogP contribution < -0.4 is 5.73 Å². The SMILES string of the molecule is COC(=O)[C@@H]1CCCN1C(=O)[C@@H]1CCCN1C(=O)[C@@H](N)CCSC.Cl. The van der Waals surface area contributed by atoms with Gasteiger partial charge in [-0.3, -0.25) is 9.59 Å². The third-order valence-corrected chi connectivity index (χ3v) is 5.42. The molecule has 2 N–H and O–H groups in total. The molecule has 9 heteroatoms. The van der Waals surface area contributed by atoms with Gasteiger partial charge in [0.2, 0.25) is 11.8 Å². The number of esters is 1. The molecule has 0 unspecified atom stereocenters. The fourth-order valence-corrected chi connectivity index (χ4v) is 3.96. The summed E-state index contributed by atoms with van der Waals surface area (Å²) in [5, 5.41) is 0. The van der Waals surface area contributed by atoms with E-state index in [0.717, 1.165) is 18.6 Å². The van der Waals surface area contributed by atoms with E-state index in [1.807, 2.05) is 6.26 Å². The molecule has 2 fully saturated rings. The lowest BCUT2D eigenvalue weighted by atomic mass is 10.1. The first kappa shape index (κ1) is 22.1. The van der Waals surface area contributed by atoms with E-state index in [0.29, 0.717) is 32.4 Å². The average molecular weight is 394 g/mol. The van der Waals surface area contributed by atoms with E-state index in [4.69, 9.17) is 10.5 Å². The zero-order chi connectivity index (χ0) is 17.7. The van der Waals surface area contributed by atoms with Gasteiger partial charge in [0.1, 0.15) is 12.1 Å². The Morgan fingerprint density at radius 2 is 1.76 bits per heavy atom. The molecule has 2 saturated heterocycles. The van der Waals surface area contributed by atoms with Crippen molar-refractivity contribution in [1.29, 1.82) is 0 Å². The summed E-state index contributed by atoms with van der Waals surface area (Å²) in [6, 6.07) is -1.59. The van der Waals surface area contributed by atoms with Crippen LogP contribution in [0.2, 0.25) is 0 Å². The molecule has 2 aliphatic heterocycles. The summed E-state index contributed by atoms with van der Waals surface area (Å²) in [6.07, 6.45) is 5.38. The summed E-state index contributed by atoms with van der Waals surface area (Å²) >= 11 is 1.65. The van der Waals surface area contributed by atoms with E-state index in [1.165, 1.54) is 7.11 Å². The number of likely N-dealkylation sites (tertiary alicyclic amines) is 2. The summed E-state index contributed by atoms with van der Waals surface area (Å²) < 4.78 is 4.80. The van der Waals surface area contributed by atoms with Crippen molar-refractivity contribution in [1.82, 2.24) is 9.80 Å². The molecule has 0 spiro atoms. The van der Waals surface area contributed by atoms with Crippen molar-refractivity contribution in [2.45, 2.75) is 50.2 Å². The molecule has 0 bridgehead atoms. The van der Waals surface area contributed by atoms with Gasteiger partial charge in [-0.05, 0) is 44.1 Å². The monoisotopic (exact) mass is 393 g/mol. The number of rotatable bonds is 6. The summed E-state index contributed by atoms with van der Waals surface area (Å²) in [6.45, 7) is 1.09. The highest BCUT2D eigenvalue weighted by atomic mass is 35.5. The van der Waals surface area contributed by atoms with Gasteiger partial charge in [0.15, 0.2) is 0 Å². The molecule has 0 aliphatic carbocycles. The van der Waals surface area contributed by atoms with Crippen molar-refractivity contribution in [3.05, 3.63) is 0 Å². The molecule has 0 radical (unpaired) electrons. The summed E-state index contributed by atoms with van der Waals surface area (Å²) in [5.74, 6) is 0.128. The molecule has 0 aromatic heterocycles. The molecule has 2 heterocycles. The fraction of sp³-hybridized carbons (Fsp3) is 0.812. The maximum absolute atomic E-state index is 12.9. The second-order valence-electron chi connectivity index (χ2n) is 6.29. The predicted molar refractivity (Wildman–Crippen MR) is 99.7 cm³/mol. The fourth-order valence-electron chi connectivity index (χ4n) is 3.47. The first-order valence-corrected chi connectivity index (χ1v) is 9.84. The number of ether oxygens (including phenoxy) is 1. The second kappa shape index (κ2) is 10.2. The number of hydrogen-bond donors (Lipinski definition) is 1. The summed E-state index contributed by atoms with van der Waals surface area (Å²) in [7, 11) is 1.33. The van der Waals surface area contributed by atoms with Gasteiger partial charge in [-0.25, -0.2) is 4.79 Å². The third kappa shape index (κ3) is 5.01. The lowest BCUT2D eigenvalue weighted by Crippen LogP contribution is -2.54. The van der Waals surface area contributed by atoms with Crippen molar-refractivity contribution in [2.75, 3.05) is 32.2 Å². The summed E-state index contributed by atoms with van der Waals surface area (Å²) in [4.78, 5) is 40.5. The van der Waals surface area contributed by atoms with Crippen molar-refractivity contribution < 1.29 is 19.1 Å². The van der Waals surface area contributed by atoms with Gasteiger partial charge in [0.25, 0.3) is 0 Å². The van der Waals surface area contributed by atoms with Gasteiger partial charge in [-0.1, -0.05) is 0 Å². The van der Waals surface area contributed by atoms with Crippen molar-refractivity contribution in [2.24, 2.45) is 5.73 Å². The first-order valence-electron chi connectivity index (χ1n) is 8.44. The normalized spacial score (nSPS) is 24.0. The van der Waals surface area contributed by atoms with Crippen LogP contribution in [0, 0.1) is 0 Å². The van der Waals surface area contributed by atoms with E-state index >= 15 is 0 Å². The molecule has 2 amide bonds. The minimum Gasteiger partial charge on any atom is -0.467 e. The van der Waals surface area contributed by atoms with Crippen LogP contribution in [0.15, 0.2) is 0 Å². The van der Waals surface area contributed by atoms with E-state index in [1.54, 1.807) is 21.6 Å². The van der Waals surface area contributed by atoms with Crippen molar-refractivity contribution in [3.63, 3.8) is 0 Å². The highest BCUT2D eigenvalue weighted by Crippen LogP contribution is 2.26. The number of hydrogen-bond acceptors (Lipinski definition) is 6. The molecule has 2 aliphatic rings. The zero-order valence-electron chi connectivity index (χ0n) is 14.8. The van der Waals surface area contributed by atoms with Gasteiger partial charge < -0.3 is 20.3 Å². The van der Waals surface area contributed by atoms with Crippen molar-refractivity contribution >= 4 is 42.0 Å². The minimum absolute atomic E-state index is 0. The number of carbonyl (C=O) groups excluding carboxylic acids is 3. The number of nitrogens with zero attached hydrogens (tertiary/aromatic N) is 2. The van der Waals surface area contributed by atoms with E-state index in [2.05, 4.69) is 0 Å². The Kier molecular flexibility index (Phi) is 9.02.